The molecule has 1 spiro atoms. The van der Waals surface area contributed by atoms with Gasteiger partial charge in [-0.05, 0) is 54.7 Å². The Morgan fingerprint density at radius 1 is 1.00 bits per heavy atom. The number of nitrogens with zero attached hydrogens (tertiary/aromatic N) is 1. The highest BCUT2D eigenvalue weighted by Crippen LogP contribution is 2.41. The first-order chi connectivity index (χ1) is 13.6. The third kappa shape index (κ3) is 3.19. The zero-order valence-corrected chi connectivity index (χ0v) is 15.9. The van der Waals surface area contributed by atoms with Gasteiger partial charge < -0.3 is 14.8 Å². The fraction of sp³-hybridized carbons (Fsp3) is 0.364. The number of carbonyl (C=O) groups is 2. The quantitative estimate of drug-likeness (QED) is 0.749. The van der Waals surface area contributed by atoms with Crippen molar-refractivity contribution in [3.8, 4) is 11.5 Å². The maximum absolute atomic E-state index is 13.1. The van der Waals surface area contributed by atoms with E-state index in [2.05, 4.69) is 12.2 Å². The van der Waals surface area contributed by atoms with Gasteiger partial charge in [0.25, 0.3) is 5.91 Å². The highest BCUT2D eigenvalue weighted by Gasteiger charge is 2.54. The number of benzene rings is 2. The van der Waals surface area contributed by atoms with Gasteiger partial charge in [-0.1, -0.05) is 31.2 Å². The lowest BCUT2D eigenvalue weighted by atomic mass is 9.92. The molecule has 1 saturated heterocycles. The molecule has 1 N–H and O–H groups in total. The number of ether oxygens (including phenoxy) is 2. The average Bonchev–Trinajstić information content (AvgIpc) is 3.20. The summed E-state index contributed by atoms with van der Waals surface area (Å²) >= 11 is 0. The molecule has 0 aromatic heterocycles. The SMILES string of the molecule is CCCOc1ccc(OCCN2C(=O)NC3(CCc4ccccc43)C2=O)cc1. The van der Waals surface area contributed by atoms with Gasteiger partial charge in [-0.3, -0.25) is 9.69 Å². The normalized spacial score (nSPS) is 20.4. The molecular weight excluding hydrogens is 356 g/mol. The van der Waals surface area contributed by atoms with Crippen LogP contribution in [0.4, 0.5) is 4.79 Å². The average molecular weight is 380 g/mol. The summed E-state index contributed by atoms with van der Waals surface area (Å²) < 4.78 is 11.3. The zero-order valence-electron chi connectivity index (χ0n) is 15.9. The van der Waals surface area contributed by atoms with E-state index in [0.717, 1.165) is 29.7 Å². The second-order valence-electron chi connectivity index (χ2n) is 7.12. The molecule has 1 aliphatic heterocycles. The molecule has 1 fully saturated rings. The summed E-state index contributed by atoms with van der Waals surface area (Å²) in [5.41, 5.74) is 1.13. The van der Waals surface area contributed by atoms with Gasteiger partial charge in [-0.25, -0.2) is 4.79 Å². The Hall–Kier alpha value is -3.02. The molecule has 3 amide bonds. The van der Waals surface area contributed by atoms with Crippen molar-refractivity contribution in [3.63, 3.8) is 0 Å². The summed E-state index contributed by atoms with van der Waals surface area (Å²) in [6.45, 7) is 3.19. The van der Waals surface area contributed by atoms with E-state index in [1.165, 1.54) is 4.90 Å². The van der Waals surface area contributed by atoms with Crippen molar-refractivity contribution in [2.24, 2.45) is 0 Å². The summed E-state index contributed by atoms with van der Waals surface area (Å²) in [5, 5.41) is 2.93. The molecule has 1 unspecified atom stereocenters. The lowest BCUT2D eigenvalue weighted by Gasteiger charge is -2.22. The first-order valence-electron chi connectivity index (χ1n) is 9.72. The van der Waals surface area contributed by atoms with Crippen molar-refractivity contribution in [2.45, 2.75) is 31.7 Å². The Labute approximate surface area is 164 Å². The number of rotatable bonds is 7. The minimum atomic E-state index is -0.911. The van der Waals surface area contributed by atoms with Crippen molar-refractivity contribution in [3.05, 3.63) is 59.7 Å². The number of hydrogen-bond acceptors (Lipinski definition) is 4. The highest BCUT2D eigenvalue weighted by molar-refractivity contribution is 6.08. The topological polar surface area (TPSA) is 67.9 Å². The zero-order chi connectivity index (χ0) is 19.6. The summed E-state index contributed by atoms with van der Waals surface area (Å²) in [6, 6.07) is 14.8. The molecule has 4 rings (SSSR count). The number of amides is 3. The van der Waals surface area contributed by atoms with Crippen LogP contribution in [0.1, 0.15) is 30.9 Å². The maximum Gasteiger partial charge on any atom is 0.325 e. The Balaban J connectivity index is 1.37. The molecule has 2 aliphatic rings. The molecule has 6 nitrogen and oxygen atoms in total. The summed E-state index contributed by atoms with van der Waals surface area (Å²) in [5.74, 6) is 1.29. The van der Waals surface area contributed by atoms with E-state index < -0.39 is 5.54 Å². The van der Waals surface area contributed by atoms with Crippen LogP contribution in [0.2, 0.25) is 0 Å². The number of nitrogens with one attached hydrogen (secondary N) is 1. The van der Waals surface area contributed by atoms with Crippen LogP contribution in [-0.4, -0.2) is 36.6 Å². The van der Waals surface area contributed by atoms with E-state index in [1.807, 2.05) is 48.5 Å². The van der Waals surface area contributed by atoms with Crippen molar-refractivity contribution in [1.82, 2.24) is 10.2 Å². The molecule has 2 aromatic rings. The van der Waals surface area contributed by atoms with E-state index in [-0.39, 0.29) is 25.1 Å². The van der Waals surface area contributed by atoms with Gasteiger partial charge in [0.05, 0.1) is 13.2 Å². The molecule has 1 atom stereocenters. The van der Waals surface area contributed by atoms with Crippen LogP contribution in [0.25, 0.3) is 0 Å². The third-order valence-corrected chi connectivity index (χ3v) is 5.30. The maximum atomic E-state index is 13.1. The van der Waals surface area contributed by atoms with Gasteiger partial charge >= 0.3 is 6.03 Å². The van der Waals surface area contributed by atoms with Crippen LogP contribution in [-0.2, 0) is 16.8 Å². The molecule has 6 heteroatoms. The predicted molar refractivity (Wildman–Crippen MR) is 104 cm³/mol. The Kier molecular flexibility index (Phi) is 4.94. The van der Waals surface area contributed by atoms with Crippen molar-refractivity contribution in [1.29, 1.82) is 0 Å². The second kappa shape index (κ2) is 7.54. The van der Waals surface area contributed by atoms with Crippen LogP contribution in [0.3, 0.4) is 0 Å². The minimum Gasteiger partial charge on any atom is -0.494 e. The van der Waals surface area contributed by atoms with Crippen molar-refractivity contribution in [2.75, 3.05) is 19.8 Å². The standard InChI is InChI=1S/C22H24N2O4/c1-2-14-27-17-7-9-18(10-8-17)28-15-13-24-20(25)22(23-21(24)26)12-11-16-5-3-4-6-19(16)22/h3-10H,2,11-15H2,1H3,(H,23,26). The Morgan fingerprint density at radius 2 is 1.68 bits per heavy atom. The first-order valence-corrected chi connectivity index (χ1v) is 9.72. The molecule has 146 valence electrons. The third-order valence-electron chi connectivity index (χ3n) is 5.30. The van der Waals surface area contributed by atoms with Crippen LogP contribution in [0.15, 0.2) is 48.5 Å². The van der Waals surface area contributed by atoms with Crippen LogP contribution < -0.4 is 14.8 Å². The van der Waals surface area contributed by atoms with Gasteiger partial charge in [0.2, 0.25) is 0 Å². The summed E-state index contributed by atoms with van der Waals surface area (Å²) in [4.78, 5) is 26.8. The fourth-order valence-electron chi connectivity index (χ4n) is 3.90. The van der Waals surface area contributed by atoms with Gasteiger partial charge in [-0.2, -0.15) is 0 Å². The van der Waals surface area contributed by atoms with Gasteiger partial charge in [0.15, 0.2) is 0 Å². The summed E-state index contributed by atoms with van der Waals surface area (Å²) in [6.07, 6.45) is 2.35. The van der Waals surface area contributed by atoms with E-state index in [1.54, 1.807) is 0 Å². The van der Waals surface area contributed by atoms with Crippen molar-refractivity contribution < 1.29 is 19.1 Å². The molecule has 0 bridgehead atoms. The molecule has 1 aliphatic carbocycles. The molecule has 1 heterocycles. The van der Waals surface area contributed by atoms with E-state index in [9.17, 15) is 9.59 Å². The second-order valence-corrected chi connectivity index (χ2v) is 7.12. The van der Waals surface area contributed by atoms with Gasteiger partial charge in [0.1, 0.15) is 23.6 Å². The number of imide groups is 1. The number of carbonyl (C=O) groups excluding carboxylic acids is 2. The predicted octanol–water partition coefficient (Wildman–Crippen LogP) is 3.25. The van der Waals surface area contributed by atoms with Gasteiger partial charge in [0, 0.05) is 0 Å². The molecule has 28 heavy (non-hydrogen) atoms. The fourth-order valence-corrected chi connectivity index (χ4v) is 3.90. The number of hydrogen-bond donors (Lipinski definition) is 1. The van der Waals surface area contributed by atoms with E-state index >= 15 is 0 Å². The van der Waals surface area contributed by atoms with E-state index in [0.29, 0.717) is 18.8 Å². The minimum absolute atomic E-state index is 0.186. The molecule has 0 radical (unpaired) electrons. The monoisotopic (exact) mass is 380 g/mol. The lowest BCUT2D eigenvalue weighted by molar-refractivity contribution is -0.131. The molecule has 0 saturated carbocycles. The van der Waals surface area contributed by atoms with E-state index in [4.69, 9.17) is 9.47 Å². The molecular formula is C22H24N2O4. The number of aryl methyl sites for hydroxylation is 1. The number of fused-ring (bicyclic) bond motifs is 2. The summed E-state index contributed by atoms with van der Waals surface area (Å²) in [7, 11) is 0. The first kappa shape index (κ1) is 18.3. The van der Waals surface area contributed by atoms with Crippen LogP contribution in [0.5, 0.6) is 11.5 Å². The van der Waals surface area contributed by atoms with Crippen LogP contribution in [0, 0.1) is 0 Å². The largest absolute Gasteiger partial charge is 0.494 e. The Bertz CT molecular complexity index is 880. The van der Waals surface area contributed by atoms with Gasteiger partial charge in [-0.15, -0.1) is 0 Å². The number of urea groups is 1. The molecule has 2 aromatic carbocycles. The van der Waals surface area contributed by atoms with Crippen LogP contribution >= 0.6 is 0 Å². The Morgan fingerprint density at radius 3 is 2.39 bits per heavy atom. The van der Waals surface area contributed by atoms with Crippen molar-refractivity contribution >= 4 is 11.9 Å². The smallest absolute Gasteiger partial charge is 0.325 e. The lowest BCUT2D eigenvalue weighted by Crippen LogP contribution is -2.42. The highest BCUT2D eigenvalue weighted by atomic mass is 16.5.